The zero-order chi connectivity index (χ0) is 13.2. The highest BCUT2D eigenvalue weighted by Gasteiger charge is 2.03. The molecule has 0 aromatic heterocycles. The zero-order valence-corrected chi connectivity index (χ0v) is 12.6. The number of nitrogens with one attached hydrogen (secondary N) is 1. The van der Waals surface area contributed by atoms with Gasteiger partial charge in [0.1, 0.15) is 0 Å². The van der Waals surface area contributed by atoms with Crippen molar-refractivity contribution in [3.63, 3.8) is 0 Å². The zero-order valence-electron chi connectivity index (χ0n) is 11.7. The monoisotopic (exact) mass is 267 g/mol. The van der Waals surface area contributed by atoms with Crippen LogP contribution in [0.15, 0.2) is 29.2 Å². The van der Waals surface area contributed by atoms with Crippen LogP contribution < -0.4 is 5.32 Å². The van der Waals surface area contributed by atoms with Crippen LogP contribution in [0.5, 0.6) is 0 Å². The summed E-state index contributed by atoms with van der Waals surface area (Å²) in [7, 11) is 0. The van der Waals surface area contributed by atoms with Crippen molar-refractivity contribution in [2.24, 2.45) is 0 Å². The summed E-state index contributed by atoms with van der Waals surface area (Å²) in [5.41, 5.74) is 1.32. The van der Waals surface area contributed by atoms with Gasteiger partial charge in [-0.1, -0.05) is 24.6 Å². The molecule has 1 rings (SSSR count). The predicted molar refractivity (Wildman–Crippen MR) is 80.5 cm³/mol. The normalized spacial score (nSPS) is 12.6. The lowest BCUT2D eigenvalue weighted by Gasteiger charge is -2.12. The summed E-state index contributed by atoms with van der Waals surface area (Å²) in [6.45, 7) is 10.2. The Balaban J connectivity index is 2.10. The fourth-order valence-electron chi connectivity index (χ4n) is 1.64. The second kappa shape index (κ2) is 9.42. The van der Waals surface area contributed by atoms with Crippen LogP contribution in [0.2, 0.25) is 0 Å². The second-order valence-electron chi connectivity index (χ2n) is 4.50. The Morgan fingerprint density at radius 2 is 2.00 bits per heavy atom. The van der Waals surface area contributed by atoms with E-state index in [-0.39, 0.29) is 0 Å². The molecule has 2 nitrogen and oxygen atoms in total. The van der Waals surface area contributed by atoms with Crippen molar-refractivity contribution >= 4 is 11.8 Å². The van der Waals surface area contributed by atoms with Gasteiger partial charge in [-0.15, -0.1) is 11.8 Å². The average molecular weight is 267 g/mol. The number of aryl methyl sites for hydroxylation is 1. The molecule has 18 heavy (non-hydrogen) atoms. The van der Waals surface area contributed by atoms with Crippen LogP contribution in [-0.2, 0) is 4.74 Å². The quantitative estimate of drug-likeness (QED) is 0.546. The molecule has 0 aliphatic heterocycles. The molecule has 0 bridgehead atoms. The number of ether oxygens (including phenoxy) is 1. The molecule has 3 heteroatoms. The SMILES string of the molecule is CCOCCCNCC(C)Sc1ccc(C)cc1. The molecular formula is C15H25NOS. The Morgan fingerprint density at radius 3 is 2.67 bits per heavy atom. The molecule has 1 aromatic rings. The van der Waals surface area contributed by atoms with E-state index in [2.05, 4.69) is 43.4 Å². The van der Waals surface area contributed by atoms with Crippen LogP contribution >= 0.6 is 11.8 Å². The minimum Gasteiger partial charge on any atom is -0.382 e. The van der Waals surface area contributed by atoms with Crippen molar-refractivity contribution in [2.75, 3.05) is 26.3 Å². The first kappa shape index (κ1) is 15.5. The first-order chi connectivity index (χ1) is 8.72. The van der Waals surface area contributed by atoms with Crippen LogP contribution in [-0.4, -0.2) is 31.6 Å². The van der Waals surface area contributed by atoms with Gasteiger partial charge < -0.3 is 10.1 Å². The van der Waals surface area contributed by atoms with Gasteiger partial charge in [0, 0.05) is 29.9 Å². The molecule has 102 valence electrons. The van der Waals surface area contributed by atoms with Crippen LogP contribution in [0, 0.1) is 6.92 Å². The maximum Gasteiger partial charge on any atom is 0.0477 e. The van der Waals surface area contributed by atoms with Crippen LogP contribution in [0.1, 0.15) is 25.8 Å². The fraction of sp³-hybridized carbons (Fsp3) is 0.600. The number of benzene rings is 1. The van der Waals surface area contributed by atoms with E-state index in [1.54, 1.807) is 0 Å². The van der Waals surface area contributed by atoms with Crippen molar-refractivity contribution in [3.8, 4) is 0 Å². The molecule has 0 saturated heterocycles. The topological polar surface area (TPSA) is 21.3 Å². The summed E-state index contributed by atoms with van der Waals surface area (Å²) < 4.78 is 5.30. The summed E-state index contributed by atoms with van der Waals surface area (Å²) in [5.74, 6) is 0. The molecule has 0 radical (unpaired) electrons. The first-order valence-corrected chi connectivity index (χ1v) is 7.62. The van der Waals surface area contributed by atoms with Crippen molar-refractivity contribution in [1.82, 2.24) is 5.32 Å². The van der Waals surface area contributed by atoms with Gasteiger partial charge in [-0.2, -0.15) is 0 Å². The molecule has 1 N–H and O–H groups in total. The maximum absolute atomic E-state index is 5.30. The van der Waals surface area contributed by atoms with Gasteiger partial charge in [0.15, 0.2) is 0 Å². The lowest BCUT2D eigenvalue weighted by atomic mass is 10.2. The van der Waals surface area contributed by atoms with E-state index in [9.17, 15) is 0 Å². The van der Waals surface area contributed by atoms with Crippen LogP contribution in [0.3, 0.4) is 0 Å². The van der Waals surface area contributed by atoms with Gasteiger partial charge >= 0.3 is 0 Å². The van der Waals surface area contributed by atoms with E-state index < -0.39 is 0 Å². The lowest BCUT2D eigenvalue weighted by Crippen LogP contribution is -2.24. The molecule has 1 unspecified atom stereocenters. The molecule has 0 fully saturated rings. The maximum atomic E-state index is 5.30. The molecule has 0 aliphatic rings. The highest BCUT2D eigenvalue weighted by atomic mass is 32.2. The standard InChI is InChI=1S/C15H25NOS/c1-4-17-11-5-10-16-12-14(3)18-15-8-6-13(2)7-9-15/h6-9,14,16H,4-5,10-12H2,1-3H3. The Hall–Kier alpha value is -0.510. The number of hydrogen-bond donors (Lipinski definition) is 1. The van der Waals surface area contributed by atoms with E-state index in [1.165, 1.54) is 10.5 Å². The van der Waals surface area contributed by atoms with Gasteiger partial charge in [-0.25, -0.2) is 0 Å². The summed E-state index contributed by atoms with van der Waals surface area (Å²) in [6.07, 6.45) is 1.09. The third kappa shape index (κ3) is 7.04. The summed E-state index contributed by atoms with van der Waals surface area (Å²) in [6, 6.07) is 8.74. The Bertz CT molecular complexity index is 313. The summed E-state index contributed by atoms with van der Waals surface area (Å²) in [4.78, 5) is 1.35. The second-order valence-corrected chi connectivity index (χ2v) is 6.01. The van der Waals surface area contributed by atoms with Crippen molar-refractivity contribution < 1.29 is 4.74 Å². The minimum atomic E-state index is 0.597. The van der Waals surface area contributed by atoms with Crippen molar-refractivity contribution in [1.29, 1.82) is 0 Å². The fourth-order valence-corrected chi connectivity index (χ4v) is 2.60. The van der Waals surface area contributed by atoms with Crippen LogP contribution in [0.4, 0.5) is 0 Å². The highest BCUT2D eigenvalue weighted by molar-refractivity contribution is 8.00. The number of thioether (sulfide) groups is 1. The molecular weight excluding hydrogens is 242 g/mol. The lowest BCUT2D eigenvalue weighted by molar-refractivity contribution is 0.145. The number of rotatable bonds is 9. The van der Waals surface area contributed by atoms with Crippen molar-refractivity contribution in [3.05, 3.63) is 29.8 Å². The molecule has 1 aromatic carbocycles. The van der Waals surface area contributed by atoms with Crippen molar-refractivity contribution in [2.45, 2.75) is 37.3 Å². The number of hydrogen-bond acceptors (Lipinski definition) is 3. The minimum absolute atomic E-state index is 0.597. The van der Waals surface area contributed by atoms with E-state index in [0.717, 1.165) is 32.7 Å². The Morgan fingerprint density at radius 1 is 1.28 bits per heavy atom. The van der Waals surface area contributed by atoms with Gasteiger partial charge in [0.25, 0.3) is 0 Å². The molecule has 0 spiro atoms. The summed E-state index contributed by atoms with van der Waals surface area (Å²) >= 11 is 1.93. The van der Waals surface area contributed by atoms with E-state index in [4.69, 9.17) is 4.74 Å². The van der Waals surface area contributed by atoms with Gasteiger partial charge in [0.05, 0.1) is 0 Å². The van der Waals surface area contributed by atoms with Gasteiger partial charge in [-0.3, -0.25) is 0 Å². The van der Waals surface area contributed by atoms with E-state index in [1.807, 2.05) is 18.7 Å². The van der Waals surface area contributed by atoms with E-state index >= 15 is 0 Å². The summed E-state index contributed by atoms with van der Waals surface area (Å²) in [5, 5.41) is 4.07. The smallest absolute Gasteiger partial charge is 0.0477 e. The molecule has 1 atom stereocenters. The van der Waals surface area contributed by atoms with Gasteiger partial charge in [0.2, 0.25) is 0 Å². The van der Waals surface area contributed by atoms with Crippen LogP contribution in [0.25, 0.3) is 0 Å². The Labute approximate surface area is 116 Å². The van der Waals surface area contributed by atoms with Gasteiger partial charge in [-0.05, 0) is 38.9 Å². The average Bonchev–Trinajstić information content (AvgIpc) is 2.36. The Kier molecular flexibility index (Phi) is 8.14. The largest absolute Gasteiger partial charge is 0.382 e. The third-order valence-electron chi connectivity index (χ3n) is 2.64. The molecule has 0 aliphatic carbocycles. The molecule has 0 saturated carbocycles. The third-order valence-corrected chi connectivity index (χ3v) is 3.75. The molecule has 0 amide bonds. The highest BCUT2D eigenvalue weighted by Crippen LogP contribution is 2.22. The van der Waals surface area contributed by atoms with E-state index in [0.29, 0.717) is 5.25 Å². The molecule has 0 heterocycles. The predicted octanol–water partition coefficient (Wildman–Crippen LogP) is 3.49. The first-order valence-electron chi connectivity index (χ1n) is 6.74.